The van der Waals surface area contributed by atoms with Crippen LogP contribution in [-0.4, -0.2) is 24.7 Å². The van der Waals surface area contributed by atoms with Crippen molar-refractivity contribution in [2.75, 3.05) is 0 Å². The maximum atomic E-state index is 13.6. The Morgan fingerprint density at radius 2 is 1.88 bits per heavy atom. The number of nitrogens with zero attached hydrogens (tertiary/aromatic N) is 1. The van der Waals surface area contributed by atoms with Crippen LogP contribution in [0.15, 0.2) is 47.4 Å². The summed E-state index contributed by atoms with van der Waals surface area (Å²) < 4.78 is 40.7. The molecule has 1 amide bonds. The fourth-order valence-corrected chi connectivity index (χ4v) is 4.78. The molecule has 24 heavy (non-hydrogen) atoms. The fourth-order valence-electron chi connectivity index (χ4n) is 2.97. The molecule has 0 spiro atoms. The summed E-state index contributed by atoms with van der Waals surface area (Å²) in [6.45, 7) is 1.62. The Labute approximate surface area is 139 Å². The van der Waals surface area contributed by atoms with Gasteiger partial charge in [0.15, 0.2) is 0 Å². The molecule has 0 saturated heterocycles. The van der Waals surface area contributed by atoms with Gasteiger partial charge in [0.05, 0.1) is 4.90 Å². The van der Waals surface area contributed by atoms with Crippen LogP contribution in [0.4, 0.5) is 4.39 Å². The lowest BCUT2D eigenvalue weighted by molar-refractivity contribution is -0.122. The molecule has 2 aromatic carbocycles. The van der Waals surface area contributed by atoms with Gasteiger partial charge in [0.1, 0.15) is 11.9 Å². The third-order valence-corrected chi connectivity index (χ3v) is 6.27. The van der Waals surface area contributed by atoms with Crippen molar-refractivity contribution >= 4 is 15.9 Å². The highest BCUT2D eigenvalue weighted by Crippen LogP contribution is 2.30. The second-order valence-corrected chi connectivity index (χ2v) is 7.71. The maximum absolute atomic E-state index is 13.6. The summed E-state index contributed by atoms with van der Waals surface area (Å²) >= 11 is 0. The number of primary amides is 1. The summed E-state index contributed by atoms with van der Waals surface area (Å²) in [5, 5.41) is 0. The Morgan fingerprint density at radius 1 is 1.21 bits per heavy atom. The molecule has 0 aliphatic carbocycles. The Kier molecular flexibility index (Phi) is 4.15. The van der Waals surface area contributed by atoms with E-state index in [4.69, 9.17) is 5.73 Å². The lowest BCUT2D eigenvalue weighted by Crippen LogP contribution is -2.51. The average Bonchev–Trinajstić information content (AvgIpc) is 2.55. The number of carbonyl (C=O) groups is 1. The lowest BCUT2D eigenvalue weighted by atomic mass is 9.96. The number of fused-ring (bicyclic) bond motifs is 1. The van der Waals surface area contributed by atoms with Crippen molar-refractivity contribution in [1.82, 2.24) is 4.31 Å². The molecule has 7 heteroatoms. The number of benzene rings is 2. The summed E-state index contributed by atoms with van der Waals surface area (Å²) in [5.74, 6) is -1.37. The fraction of sp³-hybridized carbons (Fsp3) is 0.235. The molecule has 1 heterocycles. The van der Waals surface area contributed by atoms with Crippen LogP contribution in [0.3, 0.4) is 0 Å². The van der Waals surface area contributed by atoms with Gasteiger partial charge in [-0.2, -0.15) is 4.31 Å². The van der Waals surface area contributed by atoms with Crippen molar-refractivity contribution in [3.63, 3.8) is 0 Å². The quantitative estimate of drug-likeness (QED) is 0.917. The molecule has 3 rings (SSSR count). The van der Waals surface area contributed by atoms with Crippen LogP contribution in [-0.2, 0) is 27.8 Å². The van der Waals surface area contributed by atoms with Crippen LogP contribution in [0.5, 0.6) is 0 Å². The van der Waals surface area contributed by atoms with E-state index in [2.05, 4.69) is 0 Å². The summed E-state index contributed by atoms with van der Waals surface area (Å²) in [5.41, 5.74) is 7.56. The van der Waals surface area contributed by atoms with Gasteiger partial charge in [0.25, 0.3) is 0 Å². The Bertz CT molecular complexity index is 912. The molecule has 126 valence electrons. The third kappa shape index (κ3) is 2.81. The van der Waals surface area contributed by atoms with E-state index in [0.29, 0.717) is 5.56 Å². The molecule has 1 aliphatic heterocycles. The molecule has 0 fully saturated rings. The van der Waals surface area contributed by atoms with Gasteiger partial charge < -0.3 is 5.73 Å². The van der Waals surface area contributed by atoms with Gasteiger partial charge in [0.2, 0.25) is 15.9 Å². The number of aryl methyl sites for hydroxylation is 1. The summed E-state index contributed by atoms with van der Waals surface area (Å²) in [6.07, 6.45) is 0.207. The molecule has 0 radical (unpaired) electrons. The molecular weight excluding hydrogens is 331 g/mol. The number of rotatable bonds is 3. The second kappa shape index (κ2) is 5.99. The minimum absolute atomic E-state index is 0.0298. The standard InChI is InChI=1S/C17H17FN2O3S/c1-11-6-7-14(18)9-16(11)24(22,23)20-10-13-5-3-2-4-12(13)8-15(20)17(19)21/h2-7,9,15H,8,10H2,1H3,(H2,19,21)/t15-/m0/s1. The number of hydrogen-bond donors (Lipinski definition) is 1. The number of halogens is 1. The monoisotopic (exact) mass is 348 g/mol. The van der Waals surface area contributed by atoms with E-state index >= 15 is 0 Å². The first-order valence-electron chi connectivity index (χ1n) is 7.45. The average molecular weight is 348 g/mol. The Hall–Kier alpha value is -2.25. The highest BCUT2D eigenvalue weighted by molar-refractivity contribution is 7.89. The van der Waals surface area contributed by atoms with Crippen LogP contribution in [0.2, 0.25) is 0 Å². The molecule has 1 aliphatic rings. The predicted molar refractivity (Wildman–Crippen MR) is 87.0 cm³/mol. The molecule has 2 aromatic rings. The van der Waals surface area contributed by atoms with E-state index in [0.717, 1.165) is 21.5 Å². The van der Waals surface area contributed by atoms with Crippen molar-refractivity contribution in [2.45, 2.75) is 30.8 Å². The normalized spacial score (nSPS) is 18.2. The van der Waals surface area contributed by atoms with Crippen LogP contribution < -0.4 is 5.73 Å². The first-order valence-corrected chi connectivity index (χ1v) is 8.89. The molecule has 0 aromatic heterocycles. The van der Waals surface area contributed by atoms with E-state index in [9.17, 15) is 17.6 Å². The Morgan fingerprint density at radius 3 is 2.54 bits per heavy atom. The van der Waals surface area contributed by atoms with E-state index in [1.165, 1.54) is 12.1 Å². The van der Waals surface area contributed by atoms with Crippen LogP contribution in [0.25, 0.3) is 0 Å². The first-order chi connectivity index (χ1) is 11.3. The molecule has 0 saturated carbocycles. The number of carbonyl (C=O) groups excluding carboxylic acids is 1. The van der Waals surface area contributed by atoms with Crippen molar-refractivity contribution in [2.24, 2.45) is 5.73 Å². The number of sulfonamides is 1. The van der Waals surface area contributed by atoms with Gasteiger partial charge in [-0.15, -0.1) is 0 Å². The highest BCUT2D eigenvalue weighted by atomic mass is 32.2. The van der Waals surface area contributed by atoms with E-state index in [1.807, 2.05) is 24.3 Å². The molecule has 1 atom stereocenters. The zero-order valence-electron chi connectivity index (χ0n) is 13.1. The zero-order valence-corrected chi connectivity index (χ0v) is 13.9. The number of amides is 1. The van der Waals surface area contributed by atoms with E-state index < -0.39 is 27.8 Å². The van der Waals surface area contributed by atoms with Crippen molar-refractivity contribution in [3.05, 3.63) is 65.0 Å². The molecule has 2 N–H and O–H groups in total. The molecule has 5 nitrogen and oxygen atoms in total. The van der Waals surface area contributed by atoms with Gasteiger partial charge in [-0.1, -0.05) is 30.3 Å². The van der Waals surface area contributed by atoms with Crippen LogP contribution >= 0.6 is 0 Å². The van der Waals surface area contributed by atoms with E-state index in [1.54, 1.807) is 6.92 Å². The zero-order chi connectivity index (χ0) is 17.5. The smallest absolute Gasteiger partial charge is 0.244 e. The molecule has 0 unspecified atom stereocenters. The summed E-state index contributed by atoms with van der Waals surface area (Å²) in [7, 11) is -4.06. The summed E-state index contributed by atoms with van der Waals surface area (Å²) in [6, 6.07) is 9.89. The van der Waals surface area contributed by atoms with Crippen molar-refractivity contribution < 1.29 is 17.6 Å². The molecule has 0 bridgehead atoms. The van der Waals surface area contributed by atoms with E-state index in [-0.39, 0.29) is 17.9 Å². The Balaban J connectivity index is 2.11. The summed E-state index contributed by atoms with van der Waals surface area (Å²) in [4.78, 5) is 11.7. The van der Waals surface area contributed by atoms with Gasteiger partial charge in [0, 0.05) is 6.54 Å². The van der Waals surface area contributed by atoms with Gasteiger partial charge in [-0.05, 0) is 42.2 Å². The van der Waals surface area contributed by atoms with Crippen molar-refractivity contribution in [3.8, 4) is 0 Å². The minimum atomic E-state index is -4.06. The number of nitrogens with two attached hydrogens (primary N) is 1. The predicted octanol–water partition coefficient (Wildman–Crippen LogP) is 1.74. The van der Waals surface area contributed by atoms with Crippen molar-refractivity contribution in [1.29, 1.82) is 0 Å². The molecular formula is C17H17FN2O3S. The minimum Gasteiger partial charge on any atom is -0.368 e. The topological polar surface area (TPSA) is 80.5 Å². The van der Waals surface area contributed by atoms with Gasteiger partial charge >= 0.3 is 0 Å². The lowest BCUT2D eigenvalue weighted by Gasteiger charge is -2.34. The van der Waals surface area contributed by atoms with Gasteiger partial charge in [-0.25, -0.2) is 12.8 Å². The first kappa shape index (κ1) is 16.6. The maximum Gasteiger partial charge on any atom is 0.244 e. The van der Waals surface area contributed by atoms with Gasteiger partial charge in [-0.3, -0.25) is 4.79 Å². The SMILES string of the molecule is Cc1ccc(F)cc1S(=O)(=O)N1Cc2ccccc2C[C@H]1C(N)=O. The number of hydrogen-bond acceptors (Lipinski definition) is 3. The van der Waals surface area contributed by atoms with Crippen LogP contribution in [0, 0.1) is 12.7 Å². The second-order valence-electron chi connectivity index (χ2n) is 5.85. The highest BCUT2D eigenvalue weighted by Gasteiger charge is 2.39. The largest absolute Gasteiger partial charge is 0.368 e. The third-order valence-electron chi connectivity index (χ3n) is 4.27. The van der Waals surface area contributed by atoms with Crippen LogP contribution in [0.1, 0.15) is 16.7 Å².